The Morgan fingerprint density at radius 2 is 2.10 bits per heavy atom. The molecule has 6 heteroatoms. The van der Waals surface area contributed by atoms with Crippen molar-refractivity contribution < 1.29 is 8.42 Å². The Morgan fingerprint density at radius 3 is 2.67 bits per heavy atom. The van der Waals surface area contributed by atoms with Crippen molar-refractivity contribution in [2.75, 3.05) is 27.2 Å². The molecular formula is C15H21N3O2S. The van der Waals surface area contributed by atoms with Crippen LogP contribution in [-0.2, 0) is 10.0 Å². The van der Waals surface area contributed by atoms with Crippen LogP contribution < -0.4 is 0 Å². The van der Waals surface area contributed by atoms with Gasteiger partial charge in [-0.05, 0) is 57.6 Å². The summed E-state index contributed by atoms with van der Waals surface area (Å²) in [4.78, 5) is 2.35. The highest BCUT2D eigenvalue weighted by Gasteiger charge is 2.31. The Balaban J connectivity index is 2.29. The van der Waals surface area contributed by atoms with E-state index in [2.05, 4.69) is 11.0 Å². The third kappa shape index (κ3) is 3.26. The fourth-order valence-corrected chi connectivity index (χ4v) is 4.23. The minimum atomic E-state index is -3.48. The maximum Gasteiger partial charge on any atom is 0.243 e. The molecule has 21 heavy (non-hydrogen) atoms. The van der Waals surface area contributed by atoms with Gasteiger partial charge in [0.2, 0.25) is 10.0 Å². The van der Waals surface area contributed by atoms with Gasteiger partial charge in [0.15, 0.2) is 0 Å². The summed E-state index contributed by atoms with van der Waals surface area (Å²) in [6, 6.07) is 7.02. The van der Waals surface area contributed by atoms with Crippen LogP contribution in [0.2, 0.25) is 0 Å². The Bertz CT molecular complexity index is 662. The zero-order chi connectivity index (χ0) is 15.6. The van der Waals surface area contributed by atoms with Gasteiger partial charge >= 0.3 is 0 Å². The first-order valence-corrected chi connectivity index (χ1v) is 8.47. The summed E-state index contributed by atoms with van der Waals surface area (Å²) in [5, 5.41) is 8.94. The highest BCUT2D eigenvalue weighted by Crippen LogP contribution is 2.23. The van der Waals surface area contributed by atoms with E-state index < -0.39 is 10.0 Å². The number of benzene rings is 1. The number of nitrogens with zero attached hydrogens (tertiary/aromatic N) is 3. The summed E-state index contributed by atoms with van der Waals surface area (Å²) >= 11 is 0. The van der Waals surface area contributed by atoms with Crippen molar-refractivity contribution in [2.24, 2.45) is 0 Å². The van der Waals surface area contributed by atoms with Crippen LogP contribution in [0.25, 0.3) is 0 Å². The average molecular weight is 307 g/mol. The van der Waals surface area contributed by atoms with Gasteiger partial charge < -0.3 is 4.90 Å². The molecule has 0 aliphatic carbocycles. The number of nitriles is 1. The molecule has 1 atom stereocenters. The summed E-state index contributed by atoms with van der Waals surface area (Å²) in [5.41, 5.74) is 1.21. The van der Waals surface area contributed by atoms with Crippen molar-refractivity contribution in [2.45, 2.75) is 30.7 Å². The first-order valence-electron chi connectivity index (χ1n) is 7.03. The first kappa shape index (κ1) is 16.0. The van der Waals surface area contributed by atoms with Gasteiger partial charge in [-0.25, -0.2) is 8.42 Å². The van der Waals surface area contributed by atoms with Crippen LogP contribution in [0, 0.1) is 18.3 Å². The standard InChI is InChI=1S/C15H21N3O2S/c1-12-9-15(7-6-13(12)10-16)21(19,20)18-8-4-5-14(11-18)17(2)3/h6-7,9,14H,4-5,8,11H2,1-3H3. The van der Waals surface area contributed by atoms with Gasteiger partial charge in [-0.3, -0.25) is 0 Å². The number of aryl methyl sites for hydroxylation is 1. The van der Waals surface area contributed by atoms with E-state index in [-0.39, 0.29) is 10.9 Å². The van der Waals surface area contributed by atoms with E-state index in [9.17, 15) is 8.42 Å². The first-order chi connectivity index (χ1) is 9.86. The lowest BCUT2D eigenvalue weighted by Gasteiger charge is -2.35. The summed E-state index contributed by atoms with van der Waals surface area (Å²) in [7, 11) is 0.479. The number of piperidine rings is 1. The second-order valence-electron chi connectivity index (χ2n) is 5.71. The molecule has 0 bridgehead atoms. The maximum atomic E-state index is 12.7. The minimum Gasteiger partial charge on any atom is -0.305 e. The van der Waals surface area contributed by atoms with Crippen molar-refractivity contribution in [1.29, 1.82) is 5.26 Å². The molecule has 1 fully saturated rings. The molecule has 1 saturated heterocycles. The molecule has 0 N–H and O–H groups in total. The van der Waals surface area contributed by atoms with E-state index in [1.807, 2.05) is 14.1 Å². The fraction of sp³-hybridized carbons (Fsp3) is 0.533. The molecule has 1 aromatic carbocycles. The van der Waals surface area contributed by atoms with Crippen LogP contribution >= 0.6 is 0 Å². The van der Waals surface area contributed by atoms with Crippen LogP contribution in [0.1, 0.15) is 24.0 Å². The quantitative estimate of drug-likeness (QED) is 0.850. The smallest absolute Gasteiger partial charge is 0.243 e. The Morgan fingerprint density at radius 1 is 1.38 bits per heavy atom. The third-order valence-corrected chi connectivity index (χ3v) is 5.91. The van der Waals surface area contributed by atoms with E-state index >= 15 is 0 Å². The second-order valence-corrected chi connectivity index (χ2v) is 7.65. The normalized spacial score (nSPS) is 20.4. The molecule has 1 aromatic rings. The van der Waals surface area contributed by atoms with E-state index in [4.69, 9.17) is 5.26 Å². The van der Waals surface area contributed by atoms with Gasteiger partial charge in [-0.2, -0.15) is 9.57 Å². The number of hydrogen-bond donors (Lipinski definition) is 0. The highest BCUT2D eigenvalue weighted by molar-refractivity contribution is 7.89. The zero-order valence-electron chi connectivity index (χ0n) is 12.7. The molecule has 0 amide bonds. The van der Waals surface area contributed by atoms with Crippen LogP contribution in [0.5, 0.6) is 0 Å². The summed E-state index contributed by atoms with van der Waals surface area (Å²) in [5.74, 6) is 0. The van der Waals surface area contributed by atoms with Gasteiger partial charge in [0, 0.05) is 19.1 Å². The number of hydrogen-bond acceptors (Lipinski definition) is 4. The van der Waals surface area contributed by atoms with E-state index in [1.54, 1.807) is 23.4 Å². The molecule has 1 heterocycles. The third-order valence-electron chi connectivity index (χ3n) is 4.05. The van der Waals surface area contributed by atoms with Crippen LogP contribution in [-0.4, -0.2) is 50.8 Å². The van der Waals surface area contributed by atoms with Gasteiger partial charge in [0.05, 0.1) is 16.5 Å². The second kappa shape index (κ2) is 6.14. The molecule has 0 aromatic heterocycles. The van der Waals surface area contributed by atoms with E-state index in [0.29, 0.717) is 24.2 Å². The molecular weight excluding hydrogens is 286 g/mol. The topological polar surface area (TPSA) is 64.4 Å². The van der Waals surface area contributed by atoms with E-state index in [0.717, 1.165) is 12.8 Å². The SMILES string of the molecule is Cc1cc(S(=O)(=O)N2CCCC(N(C)C)C2)ccc1C#N. The zero-order valence-corrected chi connectivity index (χ0v) is 13.5. The average Bonchev–Trinajstić information content (AvgIpc) is 2.47. The summed E-state index contributed by atoms with van der Waals surface area (Å²) < 4.78 is 27.0. The largest absolute Gasteiger partial charge is 0.305 e. The van der Waals surface area contributed by atoms with Gasteiger partial charge in [0.25, 0.3) is 0 Å². The number of sulfonamides is 1. The van der Waals surface area contributed by atoms with Crippen molar-refractivity contribution in [3.05, 3.63) is 29.3 Å². The lowest BCUT2D eigenvalue weighted by Crippen LogP contribution is -2.47. The maximum absolute atomic E-state index is 12.7. The monoisotopic (exact) mass is 307 g/mol. The molecule has 1 unspecified atom stereocenters. The van der Waals surface area contributed by atoms with Crippen LogP contribution in [0.3, 0.4) is 0 Å². The molecule has 2 rings (SSSR count). The highest BCUT2D eigenvalue weighted by atomic mass is 32.2. The van der Waals surface area contributed by atoms with Crippen LogP contribution in [0.4, 0.5) is 0 Å². The van der Waals surface area contributed by atoms with Gasteiger partial charge in [-0.15, -0.1) is 0 Å². The predicted molar refractivity (Wildman–Crippen MR) is 81.4 cm³/mol. The molecule has 0 radical (unpaired) electrons. The fourth-order valence-electron chi connectivity index (χ4n) is 2.63. The molecule has 1 aliphatic heterocycles. The molecule has 0 spiro atoms. The Hall–Kier alpha value is -1.42. The molecule has 114 valence electrons. The molecule has 5 nitrogen and oxygen atoms in total. The van der Waals surface area contributed by atoms with Crippen molar-refractivity contribution >= 4 is 10.0 Å². The van der Waals surface area contributed by atoms with Gasteiger partial charge in [-0.1, -0.05) is 0 Å². The minimum absolute atomic E-state index is 0.257. The molecule has 0 saturated carbocycles. The molecule has 1 aliphatic rings. The summed E-state index contributed by atoms with van der Waals surface area (Å²) in [6.07, 6.45) is 1.89. The Labute approximate surface area is 126 Å². The summed E-state index contributed by atoms with van der Waals surface area (Å²) in [6.45, 7) is 2.84. The van der Waals surface area contributed by atoms with Crippen LogP contribution in [0.15, 0.2) is 23.1 Å². The Kier molecular flexibility index (Phi) is 4.67. The van der Waals surface area contributed by atoms with E-state index in [1.165, 1.54) is 6.07 Å². The van der Waals surface area contributed by atoms with Crippen molar-refractivity contribution in [3.63, 3.8) is 0 Å². The lowest BCUT2D eigenvalue weighted by molar-refractivity contribution is 0.190. The lowest BCUT2D eigenvalue weighted by atomic mass is 10.1. The number of likely N-dealkylation sites (N-methyl/N-ethyl adjacent to an activating group) is 1. The predicted octanol–water partition coefficient (Wildman–Crippen LogP) is 1.58. The number of rotatable bonds is 3. The van der Waals surface area contributed by atoms with Crippen molar-refractivity contribution in [1.82, 2.24) is 9.21 Å². The van der Waals surface area contributed by atoms with Gasteiger partial charge in [0.1, 0.15) is 0 Å². The van der Waals surface area contributed by atoms with Crippen molar-refractivity contribution in [3.8, 4) is 6.07 Å².